The molecule has 1 heteroatoms. The molecule has 2 aromatic carbocycles. The van der Waals surface area contributed by atoms with Crippen LogP contribution in [0.1, 0.15) is 132 Å². The molecule has 198 valence electrons. The molecule has 5 rings (SSSR count). The predicted molar refractivity (Wildman–Crippen MR) is 164 cm³/mol. The first-order valence-corrected chi connectivity index (χ1v) is 16.5. The maximum Gasteiger partial charge on any atom is 0.0377 e. The highest BCUT2D eigenvalue weighted by atomic mass is 32.1. The summed E-state index contributed by atoms with van der Waals surface area (Å²) in [5.41, 5.74) is 11.2. The average molecular weight is 513 g/mol. The van der Waals surface area contributed by atoms with E-state index in [1.807, 2.05) is 11.3 Å². The molecule has 0 radical (unpaired) electrons. The molecule has 0 unspecified atom stereocenters. The molecular weight excluding hydrogens is 464 g/mol. The van der Waals surface area contributed by atoms with E-state index in [1.165, 1.54) is 126 Å². The predicted octanol–water partition coefficient (Wildman–Crippen LogP) is 11.7. The highest BCUT2D eigenvalue weighted by Crippen LogP contribution is 2.55. The van der Waals surface area contributed by atoms with E-state index in [9.17, 15) is 0 Å². The lowest BCUT2D eigenvalue weighted by Gasteiger charge is -2.33. The van der Waals surface area contributed by atoms with Crippen LogP contribution < -0.4 is 0 Å². The van der Waals surface area contributed by atoms with Crippen LogP contribution in [0.25, 0.3) is 21.6 Å². The van der Waals surface area contributed by atoms with E-state index in [1.54, 1.807) is 27.1 Å². The Morgan fingerprint density at radius 3 is 2.05 bits per heavy atom. The number of benzene rings is 2. The van der Waals surface area contributed by atoms with Gasteiger partial charge in [-0.05, 0) is 82.5 Å². The van der Waals surface area contributed by atoms with Crippen LogP contribution in [-0.2, 0) is 18.3 Å². The summed E-state index contributed by atoms with van der Waals surface area (Å²) < 4.78 is 0. The number of hydrogen-bond acceptors (Lipinski definition) is 1. The quantitative estimate of drug-likeness (QED) is 0.178. The highest BCUT2D eigenvalue weighted by Gasteiger charge is 2.42. The number of hydrogen-bond donors (Lipinski definition) is 0. The molecule has 0 nitrogen and oxygen atoms in total. The summed E-state index contributed by atoms with van der Waals surface area (Å²) in [6.07, 6.45) is 23.0. The third kappa shape index (κ3) is 5.63. The van der Waals surface area contributed by atoms with Gasteiger partial charge in [0.1, 0.15) is 0 Å². The lowest BCUT2D eigenvalue weighted by atomic mass is 9.70. The number of unbranched alkanes of at least 4 members (excludes halogenated alkanes) is 10. The molecule has 0 fully saturated rings. The Labute approximate surface area is 230 Å². The first-order chi connectivity index (χ1) is 18.3. The van der Waals surface area contributed by atoms with Crippen molar-refractivity contribution in [3.8, 4) is 21.6 Å². The minimum Gasteiger partial charge on any atom is -0.143 e. The van der Waals surface area contributed by atoms with Gasteiger partial charge in [0.15, 0.2) is 0 Å². The van der Waals surface area contributed by atoms with Crippen LogP contribution >= 0.6 is 11.3 Å². The van der Waals surface area contributed by atoms with Crippen LogP contribution in [0, 0.1) is 0 Å². The molecule has 3 aromatic rings. The van der Waals surface area contributed by atoms with E-state index in [0.29, 0.717) is 0 Å². The van der Waals surface area contributed by atoms with E-state index < -0.39 is 0 Å². The van der Waals surface area contributed by atoms with Crippen molar-refractivity contribution in [2.24, 2.45) is 0 Å². The maximum absolute atomic E-state index is 2.65. The van der Waals surface area contributed by atoms with Crippen LogP contribution in [0.5, 0.6) is 0 Å². The summed E-state index contributed by atoms with van der Waals surface area (Å²) in [7, 11) is 0. The lowest BCUT2D eigenvalue weighted by molar-refractivity contribution is 0.398. The summed E-state index contributed by atoms with van der Waals surface area (Å²) in [5, 5.41) is 2.44. The Morgan fingerprint density at radius 2 is 1.32 bits per heavy atom. The minimum atomic E-state index is 0.192. The highest BCUT2D eigenvalue weighted by molar-refractivity contribution is 7.14. The van der Waals surface area contributed by atoms with Gasteiger partial charge < -0.3 is 0 Å². The molecule has 0 aliphatic heterocycles. The molecule has 0 saturated carbocycles. The molecule has 0 spiro atoms. The average Bonchev–Trinajstić information content (AvgIpc) is 3.62. The van der Waals surface area contributed by atoms with E-state index in [-0.39, 0.29) is 5.41 Å². The van der Waals surface area contributed by atoms with Gasteiger partial charge in [-0.15, -0.1) is 11.3 Å². The molecule has 1 heterocycles. The van der Waals surface area contributed by atoms with Crippen LogP contribution in [0.3, 0.4) is 0 Å². The minimum absolute atomic E-state index is 0.192. The van der Waals surface area contributed by atoms with Crippen molar-refractivity contribution in [3.63, 3.8) is 0 Å². The Kier molecular flexibility index (Phi) is 9.24. The van der Waals surface area contributed by atoms with Crippen molar-refractivity contribution in [1.82, 2.24) is 0 Å². The first kappa shape index (κ1) is 26.7. The number of fused-ring (bicyclic) bond motifs is 4. The van der Waals surface area contributed by atoms with Crippen LogP contribution in [0.15, 0.2) is 47.8 Å². The normalized spacial score (nSPS) is 15.1. The van der Waals surface area contributed by atoms with E-state index >= 15 is 0 Å². The molecule has 0 N–H and O–H groups in total. The Bertz CT molecular complexity index is 1130. The largest absolute Gasteiger partial charge is 0.143 e. The monoisotopic (exact) mass is 512 g/mol. The standard InChI is InChI=1S/C36H48S/c1-3-5-7-9-11-15-24-36(25-16-12-10-8-6-4-2)33-21-14-13-19-31(33)32-23-22-28(26-34(32)36)35-30-20-17-18-29(30)27-37-35/h13-14,19,21-23,26-27H,3-12,15-18,20,24-25H2,1-2H3. The number of rotatable bonds is 15. The second-order valence-electron chi connectivity index (χ2n) is 11.8. The first-order valence-electron chi connectivity index (χ1n) is 15.6. The van der Waals surface area contributed by atoms with Gasteiger partial charge in [-0.1, -0.05) is 127 Å². The van der Waals surface area contributed by atoms with Crippen molar-refractivity contribution >= 4 is 11.3 Å². The summed E-state index contributed by atoms with van der Waals surface area (Å²) >= 11 is 1.99. The number of aryl methyl sites for hydroxylation is 1. The second-order valence-corrected chi connectivity index (χ2v) is 12.7. The fourth-order valence-electron chi connectivity index (χ4n) is 7.27. The molecule has 0 saturated heterocycles. The molecule has 0 amide bonds. The van der Waals surface area contributed by atoms with E-state index in [4.69, 9.17) is 0 Å². The SMILES string of the molecule is CCCCCCCCC1(CCCCCCCC)c2ccccc2-c2ccc(-c3scc4c3CCC4)cc21. The summed E-state index contributed by atoms with van der Waals surface area (Å²) in [4.78, 5) is 1.55. The molecule has 0 atom stereocenters. The molecule has 0 bridgehead atoms. The van der Waals surface area contributed by atoms with Crippen LogP contribution in [0.4, 0.5) is 0 Å². The molecule has 2 aliphatic carbocycles. The fraction of sp³-hybridized carbons (Fsp3) is 0.556. The van der Waals surface area contributed by atoms with Crippen molar-refractivity contribution in [2.75, 3.05) is 0 Å². The van der Waals surface area contributed by atoms with Crippen molar-refractivity contribution < 1.29 is 0 Å². The van der Waals surface area contributed by atoms with Gasteiger partial charge in [0.05, 0.1) is 0 Å². The molecule has 2 aliphatic rings. The number of thiophene rings is 1. The van der Waals surface area contributed by atoms with E-state index in [0.717, 1.165) is 0 Å². The third-order valence-corrected chi connectivity index (χ3v) is 10.4. The van der Waals surface area contributed by atoms with Crippen molar-refractivity contribution in [2.45, 2.75) is 128 Å². The smallest absolute Gasteiger partial charge is 0.0377 e. The summed E-state index contributed by atoms with van der Waals surface area (Å²) in [6.45, 7) is 4.64. The van der Waals surface area contributed by atoms with E-state index in [2.05, 4.69) is 61.7 Å². The van der Waals surface area contributed by atoms with Gasteiger partial charge in [0.2, 0.25) is 0 Å². The van der Waals surface area contributed by atoms with Gasteiger partial charge >= 0.3 is 0 Å². The molecular formula is C36H48S. The Balaban J connectivity index is 1.47. The topological polar surface area (TPSA) is 0 Å². The maximum atomic E-state index is 2.65. The summed E-state index contributed by atoms with van der Waals surface area (Å²) in [5.74, 6) is 0. The van der Waals surface area contributed by atoms with Gasteiger partial charge in [-0.3, -0.25) is 0 Å². The Morgan fingerprint density at radius 1 is 0.676 bits per heavy atom. The van der Waals surface area contributed by atoms with Crippen LogP contribution in [-0.4, -0.2) is 0 Å². The zero-order chi connectivity index (χ0) is 25.5. The van der Waals surface area contributed by atoms with Gasteiger partial charge in [0, 0.05) is 10.3 Å². The second kappa shape index (κ2) is 12.8. The zero-order valence-electron chi connectivity index (χ0n) is 23.5. The summed E-state index contributed by atoms with van der Waals surface area (Å²) in [6, 6.07) is 17.0. The Hall–Kier alpha value is -1.86. The van der Waals surface area contributed by atoms with Crippen LogP contribution in [0.2, 0.25) is 0 Å². The third-order valence-electron chi connectivity index (χ3n) is 9.30. The molecule has 37 heavy (non-hydrogen) atoms. The van der Waals surface area contributed by atoms with Crippen molar-refractivity contribution in [3.05, 3.63) is 70.1 Å². The van der Waals surface area contributed by atoms with Gasteiger partial charge in [-0.2, -0.15) is 0 Å². The van der Waals surface area contributed by atoms with Gasteiger partial charge in [0.25, 0.3) is 0 Å². The zero-order valence-corrected chi connectivity index (χ0v) is 24.4. The lowest BCUT2D eigenvalue weighted by Crippen LogP contribution is -2.25. The van der Waals surface area contributed by atoms with Gasteiger partial charge in [-0.25, -0.2) is 0 Å². The van der Waals surface area contributed by atoms with Crippen molar-refractivity contribution in [1.29, 1.82) is 0 Å². The fourth-order valence-corrected chi connectivity index (χ4v) is 8.43. The molecule has 1 aromatic heterocycles.